The first kappa shape index (κ1) is 9.37. The number of carbonyl (C=O) groups is 1. The number of nitrogens with two attached hydrogens (primary N) is 1. The van der Waals surface area contributed by atoms with Crippen LogP contribution in [0.3, 0.4) is 0 Å². The largest absolute Gasteiger partial charge is 0.481 e. The molecule has 0 fully saturated rings. The number of carboxylic acids is 1. The normalized spacial score (nSPS) is 12.7. The fourth-order valence-electron chi connectivity index (χ4n) is 0.862. The summed E-state index contributed by atoms with van der Waals surface area (Å²) >= 11 is 0. The van der Waals surface area contributed by atoms with Gasteiger partial charge in [-0.1, -0.05) is 6.92 Å². The van der Waals surface area contributed by atoms with Crippen molar-refractivity contribution in [1.82, 2.24) is 5.16 Å². The summed E-state index contributed by atoms with van der Waals surface area (Å²) in [6, 6.07) is 0. The number of hydrogen-bond donors (Lipinski definition) is 3. The molecular weight excluding hydrogens is 176 g/mol. The van der Waals surface area contributed by atoms with Gasteiger partial charge in [0, 0.05) is 6.42 Å². The zero-order valence-electron chi connectivity index (χ0n) is 7.03. The van der Waals surface area contributed by atoms with E-state index in [1.54, 1.807) is 0 Å². The maximum atomic E-state index is 10.8. The Kier molecular flexibility index (Phi) is 2.41. The number of rotatable bonds is 3. The highest BCUT2D eigenvalue weighted by molar-refractivity contribution is 5.70. The number of anilines is 1. The third-order valence-corrected chi connectivity index (χ3v) is 1.73. The minimum absolute atomic E-state index is 0.0481. The van der Waals surface area contributed by atoms with Crippen LogP contribution in [0.5, 0.6) is 0 Å². The Bertz CT molecular complexity index is 365. The van der Waals surface area contributed by atoms with E-state index in [0.29, 0.717) is 0 Å². The molecule has 1 unspecified atom stereocenters. The number of H-pyrrole nitrogens is 1. The summed E-state index contributed by atoms with van der Waals surface area (Å²) < 4.78 is 4.69. The van der Waals surface area contributed by atoms with Crippen LogP contribution in [-0.4, -0.2) is 16.2 Å². The summed E-state index contributed by atoms with van der Waals surface area (Å²) in [4.78, 5) is 21.2. The van der Waals surface area contributed by atoms with Gasteiger partial charge in [-0.3, -0.25) is 9.59 Å². The van der Waals surface area contributed by atoms with Crippen LogP contribution >= 0.6 is 0 Å². The zero-order valence-corrected chi connectivity index (χ0v) is 7.03. The van der Waals surface area contributed by atoms with Crippen molar-refractivity contribution in [1.29, 1.82) is 0 Å². The Hall–Kier alpha value is -1.72. The molecule has 0 spiro atoms. The highest BCUT2D eigenvalue weighted by atomic mass is 16.5. The van der Waals surface area contributed by atoms with Crippen LogP contribution in [-0.2, 0) is 11.2 Å². The molecule has 0 aliphatic heterocycles. The second kappa shape index (κ2) is 3.34. The highest BCUT2D eigenvalue weighted by Crippen LogP contribution is 2.11. The molecule has 72 valence electrons. The summed E-state index contributed by atoms with van der Waals surface area (Å²) in [5.74, 6) is -1.38. The molecule has 0 aromatic carbocycles. The molecule has 1 atom stereocenters. The van der Waals surface area contributed by atoms with Crippen LogP contribution < -0.4 is 11.3 Å². The van der Waals surface area contributed by atoms with Crippen LogP contribution in [0.2, 0.25) is 0 Å². The first-order chi connectivity index (χ1) is 6.02. The van der Waals surface area contributed by atoms with Crippen LogP contribution in [0.4, 0.5) is 5.69 Å². The van der Waals surface area contributed by atoms with E-state index < -0.39 is 17.4 Å². The lowest BCUT2D eigenvalue weighted by molar-refractivity contribution is -0.141. The van der Waals surface area contributed by atoms with Gasteiger partial charge in [0.2, 0.25) is 0 Å². The third kappa shape index (κ3) is 1.90. The van der Waals surface area contributed by atoms with Crippen molar-refractivity contribution < 1.29 is 14.4 Å². The average Bonchev–Trinajstić information content (AvgIpc) is 2.36. The number of carboxylic acid groups (broad SMARTS) is 1. The molecule has 0 radical (unpaired) electrons. The third-order valence-electron chi connectivity index (χ3n) is 1.73. The van der Waals surface area contributed by atoms with Gasteiger partial charge in [-0.2, -0.15) is 5.16 Å². The Balaban J connectivity index is 2.80. The van der Waals surface area contributed by atoms with Crippen molar-refractivity contribution >= 4 is 11.7 Å². The fraction of sp³-hybridized carbons (Fsp3) is 0.429. The van der Waals surface area contributed by atoms with Crippen LogP contribution in [0.15, 0.2) is 9.32 Å². The molecule has 4 N–H and O–H groups in total. The molecule has 1 aromatic rings. The molecule has 6 heteroatoms. The van der Waals surface area contributed by atoms with Gasteiger partial charge in [0.15, 0.2) is 5.76 Å². The van der Waals surface area contributed by atoms with Gasteiger partial charge >= 0.3 is 11.5 Å². The van der Waals surface area contributed by atoms with Crippen molar-refractivity contribution in [3.8, 4) is 0 Å². The van der Waals surface area contributed by atoms with Crippen molar-refractivity contribution in [3.63, 3.8) is 0 Å². The average molecular weight is 186 g/mol. The Morgan fingerprint density at radius 3 is 2.77 bits per heavy atom. The lowest BCUT2D eigenvalue weighted by Crippen LogP contribution is -2.13. The van der Waals surface area contributed by atoms with Gasteiger partial charge in [-0.15, -0.1) is 0 Å². The summed E-state index contributed by atoms with van der Waals surface area (Å²) in [5, 5.41) is 10.6. The highest BCUT2D eigenvalue weighted by Gasteiger charge is 2.17. The molecule has 0 saturated heterocycles. The maximum Gasteiger partial charge on any atom is 0.306 e. The summed E-state index contributed by atoms with van der Waals surface area (Å²) in [6.07, 6.45) is 0.111. The quantitative estimate of drug-likeness (QED) is 0.606. The molecular formula is C7H10N2O4. The monoisotopic (exact) mass is 186 g/mol. The molecule has 1 aromatic heterocycles. The zero-order chi connectivity index (χ0) is 10.0. The van der Waals surface area contributed by atoms with E-state index in [1.165, 1.54) is 6.92 Å². The van der Waals surface area contributed by atoms with E-state index >= 15 is 0 Å². The van der Waals surface area contributed by atoms with Crippen LogP contribution in [0, 0.1) is 5.92 Å². The van der Waals surface area contributed by atoms with E-state index in [4.69, 9.17) is 15.4 Å². The standard InChI is InChI=1S/C7H10N2O4/c1-3(7(11)12)2-4-5(8)6(10)9-13-4/h3H,2,8H2,1H3,(H,9,10)(H,11,12). The summed E-state index contributed by atoms with van der Waals surface area (Å²) in [7, 11) is 0. The van der Waals surface area contributed by atoms with E-state index in [0.717, 1.165) is 0 Å². The molecule has 13 heavy (non-hydrogen) atoms. The van der Waals surface area contributed by atoms with Gasteiger partial charge in [0.1, 0.15) is 5.69 Å². The Morgan fingerprint density at radius 1 is 1.77 bits per heavy atom. The van der Waals surface area contributed by atoms with Gasteiger partial charge in [-0.05, 0) is 0 Å². The first-order valence-corrected chi connectivity index (χ1v) is 3.71. The smallest absolute Gasteiger partial charge is 0.306 e. The Morgan fingerprint density at radius 2 is 2.38 bits per heavy atom. The van der Waals surface area contributed by atoms with Crippen LogP contribution in [0.25, 0.3) is 0 Å². The lowest BCUT2D eigenvalue weighted by Gasteiger charge is -2.01. The number of aromatic amines is 1. The molecule has 0 saturated carbocycles. The van der Waals surface area contributed by atoms with Crippen LogP contribution in [0.1, 0.15) is 12.7 Å². The molecule has 0 bridgehead atoms. The topological polar surface area (TPSA) is 109 Å². The lowest BCUT2D eigenvalue weighted by atomic mass is 10.1. The number of hydrogen-bond acceptors (Lipinski definition) is 4. The van der Waals surface area contributed by atoms with Crippen molar-refractivity contribution in [2.75, 3.05) is 5.73 Å². The molecule has 1 heterocycles. The first-order valence-electron chi connectivity index (χ1n) is 3.71. The minimum Gasteiger partial charge on any atom is -0.481 e. The summed E-state index contributed by atoms with van der Waals surface area (Å²) in [5.41, 5.74) is 4.75. The molecule has 0 aliphatic carbocycles. The number of nitrogen functional groups attached to an aromatic ring is 1. The predicted molar refractivity (Wildman–Crippen MR) is 44.2 cm³/mol. The van der Waals surface area contributed by atoms with Gasteiger partial charge in [0.05, 0.1) is 5.92 Å². The van der Waals surface area contributed by atoms with Gasteiger partial charge in [0.25, 0.3) is 0 Å². The van der Waals surface area contributed by atoms with E-state index in [1.807, 2.05) is 5.16 Å². The van der Waals surface area contributed by atoms with E-state index in [2.05, 4.69) is 0 Å². The second-order valence-corrected chi connectivity index (χ2v) is 2.81. The van der Waals surface area contributed by atoms with E-state index in [-0.39, 0.29) is 17.9 Å². The van der Waals surface area contributed by atoms with Gasteiger partial charge < -0.3 is 15.4 Å². The number of aliphatic carboxylic acids is 1. The second-order valence-electron chi connectivity index (χ2n) is 2.81. The molecule has 1 rings (SSSR count). The minimum atomic E-state index is -0.955. The maximum absolute atomic E-state index is 10.8. The fourth-order valence-corrected chi connectivity index (χ4v) is 0.862. The molecule has 6 nitrogen and oxygen atoms in total. The predicted octanol–water partition coefficient (Wildman–Crippen LogP) is -0.187. The molecule has 0 aliphatic rings. The van der Waals surface area contributed by atoms with Gasteiger partial charge in [-0.25, -0.2) is 0 Å². The number of nitrogens with one attached hydrogen (secondary N) is 1. The SMILES string of the molecule is CC(Cc1o[nH]c(=O)c1N)C(=O)O. The van der Waals surface area contributed by atoms with Crippen molar-refractivity contribution in [2.24, 2.45) is 5.92 Å². The van der Waals surface area contributed by atoms with Crippen molar-refractivity contribution in [2.45, 2.75) is 13.3 Å². The Labute approximate surface area is 73.3 Å². The summed E-state index contributed by atoms with van der Waals surface area (Å²) in [6.45, 7) is 1.51. The van der Waals surface area contributed by atoms with Crippen molar-refractivity contribution in [3.05, 3.63) is 16.1 Å². The van der Waals surface area contributed by atoms with E-state index in [9.17, 15) is 9.59 Å². The molecule has 0 amide bonds. The number of aromatic nitrogens is 1.